The van der Waals surface area contributed by atoms with Gasteiger partial charge >= 0.3 is 23.9 Å². The van der Waals surface area contributed by atoms with Crippen molar-refractivity contribution in [2.24, 2.45) is 0 Å². The fourth-order valence-corrected chi connectivity index (χ4v) is 4.65. The van der Waals surface area contributed by atoms with E-state index < -0.39 is 78.5 Å². The van der Waals surface area contributed by atoms with Crippen molar-refractivity contribution in [2.45, 2.75) is 58.4 Å². The van der Waals surface area contributed by atoms with Crippen LogP contribution >= 0.6 is 0 Å². The summed E-state index contributed by atoms with van der Waals surface area (Å²) in [4.78, 5) is 73.7. The van der Waals surface area contributed by atoms with E-state index in [2.05, 4.69) is 0 Å². The van der Waals surface area contributed by atoms with Crippen LogP contribution in [0.15, 0.2) is 36.4 Å². The molecule has 1 aliphatic heterocycles. The second-order valence-corrected chi connectivity index (χ2v) is 9.22. The standard InChI is InChI=1S/C28H26O13/c1-12(29)36-11-20-25(37-13(2)30)26(38-14(3)31)27(39-15(4)32)28(41-20)40-19-10-9-18-21(24(19)35)23(34)17-8-6-5-7-16(17)22(18)33/h5-10,20,25-28,35H,11H2,1-4H3/t20-,25-,26+,27-,28-/m1/s1. The number of carbonyl (C=O) groups is 6. The number of phenolic OH excluding ortho intramolecular Hbond substituents is 1. The number of aromatic hydroxyl groups is 1. The van der Waals surface area contributed by atoms with Crippen LogP contribution in [0.2, 0.25) is 0 Å². The highest BCUT2D eigenvalue weighted by Crippen LogP contribution is 2.40. The van der Waals surface area contributed by atoms with Gasteiger partial charge in [-0.2, -0.15) is 0 Å². The first-order valence-electron chi connectivity index (χ1n) is 12.4. The molecule has 1 heterocycles. The van der Waals surface area contributed by atoms with Crippen LogP contribution in [0.1, 0.15) is 59.5 Å². The van der Waals surface area contributed by atoms with Gasteiger partial charge in [-0.25, -0.2) is 0 Å². The Morgan fingerprint density at radius 3 is 1.88 bits per heavy atom. The minimum Gasteiger partial charge on any atom is -0.504 e. The fourth-order valence-electron chi connectivity index (χ4n) is 4.65. The van der Waals surface area contributed by atoms with Crippen LogP contribution in [-0.4, -0.2) is 77.9 Å². The van der Waals surface area contributed by atoms with E-state index in [0.717, 1.165) is 27.7 Å². The topological polar surface area (TPSA) is 178 Å². The van der Waals surface area contributed by atoms with Crippen molar-refractivity contribution in [2.75, 3.05) is 6.61 Å². The summed E-state index contributed by atoms with van der Waals surface area (Å²) in [6.07, 6.45) is -7.43. The molecule has 0 radical (unpaired) electrons. The predicted molar refractivity (Wildman–Crippen MR) is 134 cm³/mol. The predicted octanol–water partition coefficient (Wildman–Crippen LogP) is 1.63. The summed E-state index contributed by atoms with van der Waals surface area (Å²) in [5, 5.41) is 11.1. The van der Waals surface area contributed by atoms with E-state index in [1.54, 1.807) is 12.1 Å². The quantitative estimate of drug-likeness (QED) is 0.320. The molecular weight excluding hydrogens is 544 g/mol. The van der Waals surface area contributed by atoms with Crippen molar-refractivity contribution in [3.63, 3.8) is 0 Å². The molecule has 2 aliphatic rings. The molecule has 0 spiro atoms. The smallest absolute Gasteiger partial charge is 0.303 e. The van der Waals surface area contributed by atoms with Gasteiger partial charge in [-0.1, -0.05) is 24.3 Å². The highest BCUT2D eigenvalue weighted by atomic mass is 16.7. The van der Waals surface area contributed by atoms with Crippen LogP contribution < -0.4 is 4.74 Å². The molecule has 0 bridgehead atoms. The van der Waals surface area contributed by atoms with E-state index in [0.29, 0.717) is 0 Å². The van der Waals surface area contributed by atoms with Crippen LogP contribution in [0.3, 0.4) is 0 Å². The number of phenols is 1. The summed E-state index contributed by atoms with van der Waals surface area (Å²) >= 11 is 0. The summed E-state index contributed by atoms with van der Waals surface area (Å²) in [5.41, 5.74) is -0.0978. The molecular formula is C28H26O13. The first kappa shape index (κ1) is 29.2. The number of ether oxygens (including phenoxy) is 6. The van der Waals surface area contributed by atoms with Crippen LogP contribution in [0.25, 0.3) is 0 Å². The molecule has 1 aliphatic carbocycles. The Hall–Kier alpha value is -4.78. The number of rotatable bonds is 7. The summed E-state index contributed by atoms with van der Waals surface area (Å²) in [7, 11) is 0. The van der Waals surface area contributed by atoms with Crippen molar-refractivity contribution in [1.82, 2.24) is 0 Å². The van der Waals surface area contributed by atoms with Crippen molar-refractivity contribution in [3.05, 3.63) is 58.7 Å². The lowest BCUT2D eigenvalue weighted by atomic mass is 9.83. The Morgan fingerprint density at radius 2 is 1.29 bits per heavy atom. The zero-order valence-electron chi connectivity index (χ0n) is 22.4. The maximum atomic E-state index is 13.2. The van der Waals surface area contributed by atoms with Gasteiger partial charge in [0.25, 0.3) is 0 Å². The molecule has 13 heteroatoms. The Morgan fingerprint density at radius 1 is 0.732 bits per heavy atom. The van der Waals surface area contributed by atoms with Gasteiger partial charge in [-0.15, -0.1) is 0 Å². The summed E-state index contributed by atoms with van der Waals surface area (Å²) in [6.45, 7) is 3.85. The SMILES string of the molecule is CC(=O)OC[C@H]1O[C@@H](Oc2ccc3c(c2O)C(=O)c2ccccc2C3=O)[C@H](OC(C)=O)[C@@H](OC(C)=O)[C@@H]1OC(C)=O. The molecule has 0 unspecified atom stereocenters. The Kier molecular flexibility index (Phi) is 8.38. The average molecular weight is 571 g/mol. The fraction of sp³-hybridized carbons (Fsp3) is 0.357. The lowest BCUT2D eigenvalue weighted by Crippen LogP contribution is -2.63. The van der Waals surface area contributed by atoms with Gasteiger partial charge < -0.3 is 33.5 Å². The second kappa shape index (κ2) is 11.8. The first-order chi connectivity index (χ1) is 19.4. The number of carbonyl (C=O) groups excluding carboxylic acids is 6. The molecule has 1 fully saturated rings. The van der Waals surface area contributed by atoms with E-state index in [9.17, 15) is 33.9 Å². The van der Waals surface area contributed by atoms with Crippen molar-refractivity contribution in [3.8, 4) is 11.5 Å². The number of hydrogen-bond acceptors (Lipinski definition) is 13. The summed E-state index contributed by atoms with van der Waals surface area (Å²) in [5.74, 6) is -5.33. The largest absolute Gasteiger partial charge is 0.504 e. The van der Waals surface area contributed by atoms with E-state index in [1.165, 1.54) is 24.3 Å². The number of benzene rings is 2. The maximum absolute atomic E-state index is 13.2. The Bertz CT molecular complexity index is 1430. The Balaban J connectivity index is 1.76. The minimum absolute atomic E-state index is 0.0555. The molecule has 5 atom stereocenters. The summed E-state index contributed by atoms with van der Waals surface area (Å²) in [6, 6.07) is 8.62. The molecule has 2 aromatic carbocycles. The third-order valence-electron chi connectivity index (χ3n) is 6.22. The normalized spacial score (nSPS) is 23.0. The van der Waals surface area contributed by atoms with Gasteiger partial charge in [0.15, 0.2) is 35.3 Å². The molecule has 1 N–H and O–H groups in total. The molecule has 1 saturated heterocycles. The van der Waals surface area contributed by atoms with Crippen LogP contribution in [-0.2, 0) is 42.9 Å². The molecule has 2 aromatic rings. The van der Waals surface area contributed by atoms with Crippen LogP contribution in [0.5, 0.6) is 11.5 Å². The van der Waals surface area contributed by atoms with Gasteiger partial charge in [-0.3, -0.25) is 28.8 Å². The van der Waals surface area contributed by atoms with E-state index in [1.807, 2.05) is 0 Å². The molecule has 0 aromatic heterocycles. The molecule has 0 amide bonds. The third kappa shape index (κ3) is 6.04. The van der Waals surface area contributed by atoms with Crippen molar-refractivity contribution >= 4 is 35.4 Å². The molecule has 13 nitrogen and oxygen atoms in total. The Labute approximate surface area is 233 Å². The maximum Gasteiger partial charge on any atom is 0.303 e. The van der Waals surface area contributed by atoms with E-state index in [-0.39, 0.29) is 28.0 Å². The van der Waals surface area contributed by atoms with Gasteiger partial charge in [0, 0.05) is 44.4 Å². The van der Waals surface area contributed by atoms with Gasteiger partial charge in [0.2, 0.25) is 12.4 Å². The minimum atomic E-state index is -1.65. The molecule has 0 saturated carbocycles. The zero-order chi connectivity index (χ0) is 30.0. The van der Waals surface area contributed by atoms with E-state index >= 15 is 0 Å². The first-order valence-corrected chi connectivity index (χ1v) is 12.4. The summed E-state index contributed by atoms with van der Waals surface area (Å²) < 4.78 is 32.8. The van der Waals surface area contributed by atoms with Crippen molar-refractivity contribution < 1.29 is 62.3 Å². The van der Waals surface area contributed by atoms with Crippen LogP contribution in [0.4, 0.5) is 0 Å². The highest BCUT2D eigenvalue weighted by molar-refractivity contribution is 6.29. The second-order valence-electron chi connectivity index (χ2n) is 9.22. The van der Waals surface area contributed by atoms with Gasteiger partial charge in [-0.05, 0) is 12.1 Å². The zero-order valence-corrected chi connectivity index (χ0v) is 22.4. The molecule has 216 valence electrons. The number of fused-ring (bicyclic) bond motifs is 2. The van der Waals surface area contributed by atoms with Gasteiger partial charge in [0.1, 0.15) is 12.7 Å². The van der Waals surface area contributed by atoms with Gasteiger partial charge in [0.05, 0.1) is 5.56 Å². The highest BCUT2D eigenvalue weighted by Gasteiger charge is 2.53. The monoisotopic (exact) mass is 570 g/mol. The number of ketones is 2. The lowest BCUT2D eigenvalue weighted by molar-refractivity contribution is -0.288. The van der Waals surface area contributed by atoms with Crippen LogP contribution in [0, 0.1) is 0 Å². The third-order valence-corrected chi connectivity index (χ3v) is 6.22. The molecule has 4 rings (SSSR count). The number of esters is 4. The van der Waals surface area contributed by atoms with Crippen molar-refractivity contribution in [1.29, 1.82) is 0 Å². The molecule has 41 heavy (non-hydrogen) atoms. The number of hydrogen-bond donors (Lipinski definition) is 1. The average Bonchev–Trinajstić information content (AvgIpc) is 2.89. The van der Waals surface area contributed by atoms with E-state index in [4.69, 9.17) is 28.4 Å². The lowest BCUT2D eigenvalue weighted by Gasteiger charge is -2.44.